The lowest BCUT2D eigenvalue weighted by atomic mass is 10.2. The highest BCUT2D eigenvalue weighted by Crippen LogP contribution is 2.26. The van der Waals surface area contributed by atoms with Gasteiger partial charge in [0.15, 0.2) is 11.6 Å². The lowest BCUT2D eigenvalue weighted by Gasteiger charge is -2.08. The summed E-state index contributed by atoms with van der Waals surface area (Å²) < 4.78 is 18.8. The van der Waals surface area contributed by atoms with Crippen molar-refractivity contribution >= 4 is 11.6 Å². The summed E-state index contributed by atoms with van der Waals surface area (Å²) in [6.07, 6.45) is 0. The largest absolute Gasteiger partial charge is 0.436 e. The molecule has 0 radical (unpaired) electrons. The topological polar surface area (TPSA) is 42.4 Å². The van der Waals surface area contributed by atoms with Gasteiger partial charge in [0.05, 0.1) is 17.3 Å². The molecule has 0 spiro atoms. The Bertz CT molecular complexity index is 575. The number of aliphatic hydroxyl groups is 1. The zero-order valence-electron chi connectivity index (χ0n) is 9.65. The Morgan fingerprint density at radius 2 is 2.11 bits per heavy atom. The van der Waals surface area contributed by atoms with Crippen LogP contribution in [0.3, 0.4) is 0 Å². The van der Waals surface area contributed by atoms with Crippen molar-refractivity contribution in [3.63, 3.8) is 0 Å². The van der Waals surface area contributed by atoms with Crippen LogP contribution >= 0.6 is 11.6 Å². The van der Waals surface area contributed by atoms with Gasteiger partial charge in [-0.2, -0.15) is 0 Å². The fraction of sp³-hybridized carbons (Fsp3) is 0.154. The Balaban J connectivity index is 2.31. The van der Waals surface area contributed by atoms with Crippen LogP contribution in [0.5, 0.6) is 11.6 Å². The Kier molecular flexibility index (Phi) is 3.79. The zero-order chi connectivity index (χ0) is 13.1. The number of aliphatic hydroxyl groups excluding tert-OH is 1. The summed E-state index contributed by atoms with van der Waals surface area (Å²) in [7, 11) is 0. The van der Waals surface area contributed by atoms with Crippen molar-refractivity contribution < 1.29 is 14.2 Å². The molecule has 2 rings (SSSR count). The molecule has 1 N–H and O–H groups in total. The number of rotatable bonds is 3. The Morgan fingerprint density at radius 3 is 2.83 bits per heavy atom. The standard InChI is InChI=1S/C13H11ClFNO2/c1-8-2-4-10(15)12(6-8)18-13-5-3-9(14)11(7-17)16-13/h2-6,17H,7H2,1H3. The Labute approximate surface area is 109 Å². The number of nitrogens with zero attached hydrogens (tertiary/aromatic N) is 1. The van der Waals surface area contributed by atoms with Gasteiger partial charge in [-0.25, -0.2) is 9.37 Å². The van der Waals surface area contributed by atoms with Crippen LogP contribution in [0.25, 0.3) is 0 Å². The van der Waals surface area contributed by atoms with Crippen molar-refractivity contribution in [1.29, 1.82) is 0 Å². The van der Waals surface area contributed by atoms with Crippen molar-refractivity contribution in [1.82, 2.24) is 4.98 Å². The first-order valence-corrected chi connectivity index (χ1v) is 5.68. The third kappa shape index (κ3) is 2.78. The Morgan fingerprint density at radius 1 is 1.33 bits per heavy atom. The van der Waals surface area contributed by atoms with Crippen molar-refractivity contribution in [3.05, 3.63) is 52.4 Å². The molecule has 0 bridgehead atoms. The quantitative estimate of drug-likeness (QED) is 0.926. The monoisotopic (exact) mass is 267 g/mol. The molecular formula is C13H11ClFNO2. The van der Waals surface area contributed by atoms with Crippen LogP contribution in [0, 0.1) is 12.7 Å². The molecule has 1 aromatic carbocycles. The van der Waals surface area contributed by atoms with Crippen molar-refractivity contribution in [2.24, 2.45) is 0 Å². The molecule has 18 heavy (non-hydrogen) atoms. The summed E-state index contributed by atoms with van der Waals surface area (Å²) in [6.45, 7) is 1.53. The van der Waals surface area contributed by atoms with Crippen LogP contribution in [0.1, 0.15) is 11.3 Å². The summed E-state index contributed by atoms with van der Waals surface area (Å²) in [4.78, 5) is 3.99. The molecular weight excluding hydrogens is 257 g/mol. The fourth-order valence-electron chi connectivity index (χ4n) is 1.43. The maximum atomic E-state index is 13.5. The average molecular weight is 268 g/mol. The third-order valence-corrected chi connectivity index (χ3v) is 2.69. The smallest absolute Gasteiger partial charge is 0.219 e. The van der Waals surface area contributed by atoms with Gasteiger partial charge in [-0.1, -0.05) is 17.7 Å². The molecule has 0 unspecified atom stereocenters. The maximum absolute atomic E-state index is 13.5. The van der Waals surface area contributed by atoms with Crippen LogP contribution in [0.2, 0.25) is 5.02 Å². The molecule has 0 saturated heterocycles. The Hall–Kier alpha value is -1.65. The minimum atomic E-state index is -0.470. The molecule has 5 heteroatoms. The second-order valence-electron chi connectivity index (χ2n) is 3.77. The van der Waals surface area contributed by atoms with Crippen molar-refractivity contribution in [3.8, 4) is 11.6 Å². The first-order valence-electron chi connectivity index (χ1n) is 5.30. The zero-order valence-corrected chi connectivity index (χ0v) is 10.4. The first-order chi connectivity index (χ1) is 8.60. The molecule has 0 fully saturated rings. The molecule has 0 atom stereocenters. The van der Waals surface area contributed by atoms with Crippen molar-refractivity contribution in [2.75, 3.05) is 0 Å². The lowest BCUT2D eigenvalue weighted by Crippen LogP contribution is -1.96. The highest BCUT2D eigenvalue weighted by molar-refractivity contribution is 6.31. The van der Waals surface area contributed by atoms with E-state index < -0.39 is 5.82 Å². The van der Waals surface area contributed by atoms with E-state index in [1.54, 1.807) is 18.2 Å². The minimum absolute atomic E-state index is 0.0914. The number of aryl methyl sites for hydroxylation is 1. The van der Waals surface area contributed by atoms with E-state index in [1.165, 1.54) is 12.1 Å². The number of hydrogen-bond donors (Lipinski definition) is 1. The number of aromatic nitrogens is 1. The van der Waals surface area contributed by atoms with Crippen LogP contribution in [0.4, 0.5) is 4.39 Å². The van der Waals surface area contributed by atoms with Gasteiger partial charge in [0, 0.05) is 6.07 Å². The van der Waals surface area contributed by atoms with Gasteiger partial charge in [-0.3, -0.25) is 0 Å². The first kappa shape index (κ1) is 12.8. The molecule has 2 aromatic rings. The SMILES string of the molecule is Cc1ccc(F)c(Oc2ccc(Cl)c(CO)n2)c1. The third-order valence-electron chi connectivity index (χ3n) is 2.34. The van der Waals surface area contributed by atoms with E-state index in [4.69, 9.17) is 21.4 Å². The number of pyridine rings is 1. The number of benzene rings is 1. The molecule has 0 aliphatic heterocycles. The van der Waals surface area contributed by atoms with Crippen molar-refractivity contribution in [2.45, 2.75) is 13.5 Å². The molecule has 3 nitrogen and oxygen atoms in total. The highest BCUT2D eigenvalue weighted by Gasteiger charge is 2.08. The molecule has 0 aliphatic carbocycles. The summed E-state index contributed by atoms with van der Waals surface area (Å²) in [5.41, 5.74) is 1.17. The second-order valence-corrected chi connectivity index (χ2v) is 4.18. The normalized spacial score (nSPS) is 10.4. The molecule has 0 amide bonds. The van der Waals surface area contributed by atoms with E-state index in [0.717, 1.165) is 5.56 Å². The summed E-state index contributed by atoms with van der Waals surface area (Å²) >= 11 is 5.80. The number of hydrogen-bond acceptors (Lipinski definition) is 3. The number of ether oxygens (including phenoxy) is 1. The van der Waals surface area contributed by atoms with E-state index in [1.807, 2.05) is 6.92 Å². The lowest BCUT2D eigenvalue weighted by molar-refractivity contribution is 0.275. The highest BCUT2D eigenvalue weighted by atomic mass is 35.5. The second kappa shape index (κ2) is 5.33. The maximum Gasteiger partial charge on any atom is 0.219 e. The average Bonchev–Trinajstić information content (AvgIpc) is 2.36. The predicted octanol–water partition coefficient (Wildman–Crippen LogP) is 3.47. The summed E-state index contributed by atoms with van der Waals surface area (Å²) in [5, 5.41) is 9.37. The molecule has 0 saturated carbocycles. The van der Waals surface area contributed by atoms with Crippen LogP contribution < -0.4 is 4.74 Å². The van der Waals surface area contributed by atoms with Crippen LogP contribution in [-0.4, -0.2) is 10.1 Å². The van der Waals surface area contributed by atoms with E-state index >= 15 is 0 Å². The summed E-state index contributed by atoms with van der Waals surface area (Å²) in [6, 6.07) is 7.61. The van der Waals surface area contributed by atoms with Gasteiger partial charge >= 0.3 is 0 Å². The minimum Gasteiger partial charge on any atom is -0.436 e. The van der Waals surface area contributed by atoms with E-state index in [9.17, 15) is 4.39 Å². The van der Waals surface area contributed by atoms with E-state index in [0.29, 0.717) is 10.7 Å². The molecule has 1 aromatic heterocycles. The van der Waals surface area contributed by atoms with Gasteiger partial charge in [0.2, 0.25) is 5.88 Å². The van der Waals surface area contributed by atoms with Crippen LogP contribution in [0.15, 0.2) is 30.3 Å². The van der Waals surface area contributed by atoms with Gasteiger partial charge in [-0.05, 0) is 30.7 Å². The fourth-order valence-corrected chi connectivity index (χ4v) is 1.60. The van der Waals surface area contributed by atoms with E-state index in [2.05, 4.69) is 4.98 Å². The van der Waals surface area contributed by atoms with E-state index in [-0.39, 0.29) is 18.2 Å². The summed E-state index contributed by atoms with van der Waals surface area (Å²) in [5.74, 6) is -0.190. The van der Waals surface area contributed by atoms with Gasteiger partial charge in [-0.15, -0.1) is 0 Å². The molecule has 0 aliphatic rings. The van der Waals surface area contributed by atoms with Gasteiger partial charge in [0.25, 0.3) is 0 Å². The molecule has 94 valence electrons. The molecule has 1 heterocycles. The van der Waals surface area contributed by atoms with Gasteiger partial charge < -0.3 is 9.84 Å². The number of halogens is 2. The predicted molar refractivity (Wildman–Crippen MR) is 66.4 cm³/mol. The van der Waals surface area contributed by atoms with Gasteiger partial charge in [0.1, 0.15) is 0 Å². The van der Waals surface area contributed by atoms with Crippen LogP contribution in [-0.2, 0) is 6.61 Å².